The Bertz CT molecular complexity index is 495. The van der Waals surface area contributed by atoms with E-state index >= 15 is 0 Å². The van der Waals surface area contributed by atoms with E-state index < -0.39 is 10.0 Å². The van der Waals surface area contributed by atoms with Crippen LogP contribution in [0.5, 0.6) is 5.75 Å². The summed E-state index contributed by atoms with van der Waals surface area (Å²) in [5.41, 5.74) is 5.33. The molecular weight excluding hydrogens is 268 g/mol. The number of benzene rings is 1. The van der Waals surface area contributed by atoms with Crippen LogP contribution in [0.4, 0.5) is 0 Å². The monoisotopic (exact) mass is 286 g/mol. The van der Waals surface area contributed by atoms with E-state index in [-0.39, 0.29) is 4.90 Å². The molecule has 7 heteroatoms. The van der Waals surface area contributed by atoms with Crippen LogP contribution in [0, 0.1) is 0 Å². The predicted octanol–water partition coefficient (Wildman–Crippen LogP) is 0.0450. The van der Waals surface area contributed by atoms with E-state index in [1.54, 1.807) is 24.3 Å². The van der Waals surface area contributed by atoms with Crippen molar-refractivity contribution in [2.24, 2.45) is 5.73 Å². The molecule has 0 unspecified atom stereocenters. The zero-order valence-electron chi connectivity index (χ0n) is 10.6. The highest BCUT2D eigenvalue weighted by Gasteiger charge is 2.26. The van der Waals surface area contributed by atoms with Crippen LogP contribution in [0.15, 0.2) is 29.2 Å². The first kappa shape index (κ1) is 14.3. The van der Waals surface area contributed by atoms with Gasteiger partial charge in [-0.05, 0) is 24.3 Å². The lowest BCUT2D eigenvalue weighted by atomic mass is 10.3. The maximum absolute atomic E-state index is 12.3. The van der Waals surface area contributed by atoms with Crippen LogP contribution < -0.4 is 10.5 Å². The van der Waals surface area contributed by atoms with Crippen molar-refractivity contribution in [3.05, 3.63) is 24.3 Å². The van der Waals surface area contributed by atoms with Crippen LogP contribution >= 0.6 is 0 Å². The van der Waals surface area contributed by atoms with Gasteiger partial charge in [0.1, 0.15) is 12.4 Å². The fourth-order valence-corrected chi connectivity index (χ4v) is 3.23. The summed E-state index contributed by atoms with van der Waals surface area (Å²) < 4.78 is 36.6. The van der Waals surface area contributed by atoms with Crippen molar-refractivity contribution in [1.82, 2.24) is 4.31 Å². The molecule has 0 bridgehead atoms. The Balaban J connectivity index is 2.11. The van der Waals surface area contributed by atoms with Crippen molar-refractivity contribution in [2.45, 2.75) is 4.90 Å². The molecule has 0 aliphatic carbocycles. The minimum Gasteiger partial charge on any atom is -0.492 e. The third-order valence-corrected chi connectivity index (χ3v) is 4.73. The van der Waals surface area contributed by atoms with Gasteiger partial charge in [0.05, 0.1) is 18.1 Å². The molecule has 1 aromatic carbocycles. The number of hydrogen-bond acceptors (Lipinski definition) is 5. The van der Waals surface area contributed by atoms with Gasteiger partial charge in [0, 0.05) is 19.6 Å². The van der Waals surface area contributed by atoms with Crippen molar-refractivity contribution < 1.29 is 17.9 Å². The highest BCUT2D eigenvalue weighted by Crippen LogP contribution is 2.20. The maximum atomic E-state index is 12.3. The fourth-order valence-electron chi connectivity index (χ4n) is 1.82. The van der Waals surface area contributed by atoms with E-state index in [0.29, 0.717) is 45.2 Å². The Hall–Kier alpha value is -1.15. The minimum atomic E-state index is -3.43. The second-order valence-corrected chi connectivity index (χ2v) is 6.06. The number of hydrogen-bond donors (Lipinski definition) is 1. The van der Waals surface area contributed by atoms with Gasteiger partial charge in [-0.25, -0.2) is 8.42 Å². The van der Waals surface area contributed by atoms with Crippen molar-refractivity contribution in [2.75, 3.05) is 39.5 Å². The average Bonchev–Trinajstić information content (AvgIpc) is 2.46. The van der Waals surface area contributed by atoms with E-state index in [1.807, 2.05) is 0 Å². The van der Waals surface area contributed by atoms with Crippen LogP contribution in [0.3, 0.4) is 0 Å². The fraction of sp³-hybridized carbons (Fsp3) is 0.500. The summed E-state index contributed by atoms with van der Waals surface area (Å²) >= 11 is 0. The summed E-state index contributed by atoms with van der Waals surface area (Å²) in [5, 5.41) is 0. The molecule has 0 spiro atoms. The van der Waals surface area contributed by atoms with Crippen molar-refractivity contribution in [3.63, 3.8) is 0 Å². The van der Waals surface area contributed by atoms with Gasteiger partial charge in [0.2, 0.25) is 10.0 Å². The second kappa shape index (κ2) is 6.33. The Morgan fingerprint density at radius 3 is 2.42 bits per heavy atom. The number of sulfonamides is 1. The van der Waals surface area contributed by atoms with Crippen LogP contribution in [0.2, 0.25) is 0 Å². The van der Waals surface area contributed by atoms with Crippen molar-refractivity contribution in [1.29, 1.82) is 0 Å². The van der Waals surface area contributed by atoms with Crippen LogP contribution in [0.25, 0.3) is 0 Å². The largest absolute Gasteiger partial charge is 0.492 e. The van der Waals surface area contributed by atoms with Gasteiger partial charge >= 0.3 is 0 Å². The predicted molar refractivity (Wildman–Crippen MR) is 70.6 cm³/mol. The van der Waals surface area contributed by atoms with Crippen molar-refractivity contribution in [3.8, 4) is 5.75 Å². The van der Waals surface area contributed by atoms with Gasteiger partial charge in [-0.15, -0.1) is 0 Å². The average molecular weight is 286 g/mol. The molecule has 0 atom stereocenters. The summed E-state index contributed by atoms with van der Waals surface area (Å²) in [6.45, 7) is 2.51. The number of rotatable bonds is 5. The summed E-state index contributed by atoms with van der Waals surface area (Å²) in [7, 11) is -3.43. The normalized spacial score (nSPS) is 17.3. The lowest BCUT2D eigenvalue weighted by Gasteiger charge is -2.26. The molecule has 1 aliphatic heterocycles. The van der Waals surface area contributed by atoms with Crippen LogP contribution in [-0.4, -0.2) is 52.2 Å². The Morgan fingerprint density at radius 2 is 1.84 bits per heavy atom. The minimum absolute atomic E-state index is 0.273. The van der Waals surface area contributed by atoms with Gasteiger partial charge in [-0.1, -0.05) is 0 Å². The highest BCUT2D eigenvalue weighted by molar-refractivity contribution is 7.89. The summed E-state index contributed by atoms with van der Waals surface area (Å²) in [6, 6.07) is 6.39. The molecule has 1 heterocycles. The lowest BCUT2D eigenvalue weighted by molar-refractivity contribution is 0.0730. The SMILES string of the molecule is NCCOc1ccc(S(=O)(=O)N2CCOCC2)cc1. The summed E-state index contributed by atoms with van der Waals surface area (Å²) in [6.07, 6.45) is 0. The Labute approximate surface area is 113 Å². The van der Waals surface area contributed by atoms with E-state index in [0.717, 1.165) is 0 Å². The Kier molecular flexibility index (Phi) is 4.76. The topological polar surface area (TPSA) is 81.9 Å². The zero-order valence-corrected chi connectivity index (χ0v) is 11.4. The van der Waals surface area contributed by atoms with Crippen molar-refractivity contribution >= 4 is 10.0 Å². The molecule has 0 saturated carbocycles. The molecule has 0 aromatic heterocycles. The van der Waals surface area contributed by atoms with E-state index in [1.165, 1.54) is 4.31 Å². The first-order valence-electron chi connectivity index (χ1n) is 6.15. The van der Waals surface area contributed by atoms with E-state index in [4.69, 9.17) is 15.2 Å². The molecule has 1 aromatic rings. The summed E-state index contributed by atoms with van der Waals surface area (Å²) in [4.78, 5) is 0.273. The van der Waals surface area contributed by atoms with Gasteiger partial charge in [-0.2, -0.15) is 4.31 Å². The standard InChI is InChI=1S/C12H18N2O4S/c13-5-8-18-11-1-3-12(4-2-11)19(15,16)14-6-9-17-10-7-14/h1-4H,5-10,13H2. The molecule has 0 radical (unpaired) electrons. The molecule has 19 heavy (non-hydrogen) atoms. The molecule has 1 saturated heterocycles. The van der Waals surface area contributed by atoms with Gasteiger partial charge in [0.25, 0.3) is 0 Å². The lowest BCUT2D eigenvalue weighted by Crippen LogP contribution is -2.40. The molecular formula is C12H18N2O4S. The van der Waals surface area contributed by atoms with Gasteiger partial charge in [0.15, 0.2) is 0 Å². The first-order chi connectivity index (χ1) is 9.14. The van der Waals surface area contributed by atoms with Crippen LogP contribution in [-0.2, 0) is 14.8 Å². The van der Waals surface area contributed by atoms with Gasteiger partial charge in [-0.3, -0.25) is 0 Å². The molecule has 6 nitrogen and oxygen atoms in total. The molecule has 2 N–H and O–H groups in total. The molecule has 0 amide bonds. The second-order valence-electron chi connectivity index (χ2n) is 4.12. The number of nitrogens with two attached hydrogens (primary N) is 1. The van der Waals surface area contributed by atoms with Crippen LogP contribution in [0.1, 0.15) is 0 Å². The number of nitrogens with zero attached hydrogens (tertiary/aromatic N) is 1. The molecule has 106 valence electrons. The maximum Gasteiger partial charge on any atom is 0.243 e. The third kappa shape index (κ3) is 3.44. The van der Waals surface area contributed by atoms with E-state index in [9.17, 15) is 8.42 Å². The first-order valence-corrected chi connectivity index (χ1v) is 7.59. The molecule has 1 aliphatic rings. The number of morpholine rings is 1. The molecule has 2 rings (SSSR count). The third-order valence-electron chi connectivity index (χ3n) is 2.82. The summed E-state index contributed by atoms with van der Waals surface area (Å²) in [5.74, 6) is 0.617. The Morgan fingerprint density at radius 1 is 1.21 bits per heavy atom. The highest BCUT2D eigenvalue weighted by atomic mass is 32.2. The van der Waals surface area contributed by atoms with Gasteiger partial charge < -0.3 is 15.2 Å². The quantitative estimate of drug-likeness (QED) is 0.827. The number of ether oxygens (including phenoxy) is 2. The smallest absolute Gasteiger partial charge is 0.243 e. The van der Waals surface area contributed by atoms with E-state index in [2.05, 4.69) is 0 Å². The molecule has 1 fully saturated rings. The zero-order chi connectivity index (χ0) is 13.7.